The molecule has 0 atom stereocenters. The van der Waals surface area contributed by atoms with Crippen LogP contribution in [0.1, 0.15) is 5.56 Å². The lowest BCUT2D eigenvalue weighted by Crippen LogP contribution is -2.30. The van der Waals surface area contributed by atoms with Crippen LogP contribution in [0.25, 0.3) is 0 Å². The third-order valence-corrected chi connectivity index (χ3v) is 2.68. The zero-order valence-electron chi connectivity index (χ0n) is 9.58. The Labute approximate surface area is 96.3 Å². The van der Waals surface area contributed by atoms with Crippen molar-refractivity contribution in [3.05, 3.63) is 29.6 Å². The standard InChI is InChI=1S/C11H14BFO2Si/c1-16(2,3)5-4-9-6-10(12(14)15)8-11(13)7-9/h6-8,14-15H,1-3H3. The smallest absolute Gasteiger partial charge is 0.423 e. The third kappa shape index (κ3) is 4.19. The van der Waals surface area contributed by atoms with Crippen LogP contribution in [-0.4, -0.2) is 25.2 Å². The maximum atomic E-state index is 13.1. The summed E-state index contributed by atoms with van der Waals surface area (Å²) in [6, 6.07) is 3.87. The van der Waals surface area contributed by atoms with E-state index in [2.05, 4.69) is 31.1 Å². The van der Waals surface area contributed by atoms with E-state index in [0.717, 1.165) is 6.07 Å². The highest BCUT2D eigenvalue weighted by molar-refractivity contribution is 6.83. The number of benzene rings is 1. The number of hydrogen-bond acceptors (Lipinski definition) is 2. The zero-order chi connectivity index (χ0) is 12.3. The Kier molecular flexibility index (Phi) is 3.92. The fourth-order valence-corrected chi connectivity index (χ4v) is 1.61. The molecule has 0 unspecified atom stereocenters. The van der Waals surface area contributed by atoms with Gasteiger partial charge in [0.15, 0.2) is 0 Å². The van der Waals surface area contributed by atoms with Crippen LogP contribution in [0, 0.1) is 17.3 Å². The lowest BCUT2D eigenvalue weighted by molar-refractivity contribution is 0.425. The minimum absolute atomic E-state index is 0.125. The number of hydrogen-bond donors (Lipinski definition) is 2. The molecule has 0 aliphatic heterocycles. The fraction of sp³-hybridized carbons (Fsp3) is 0.273. The van der Waals surface area contributed by atoms with Gasteiger partial charge < -0.3 is 10.0 Å². The Balaban J connectivity index is 3.09. The van der Waals surface area contributed by atoms with E-state index in [9.17, 15) is 4.39 Å². The van der Waals surface area contributed by atoms with Crippen molar-refractivity contribution in [2.24, 2.45) is 0 Å². The van der Waals surface area contributed by atoms with Crippen LogP contribution in [0.5, 0.6) is 0 Å². The Morgan fingerprint density at radius 1 is 1.19 bits per heavy atom. The molecule has 0 radical (unpaired) electrons. The molecule has 0 spiro atoms. The molecular formula is C11H14BFO2Si. The molecule has 1 aromatic carbocycles. The molecule has 84 valence electrons. The first kappa shape index (κ1) is 13.0. The predicted octanol–water partition coefficient (Wildman–Crippen LogP) is 0.734. The van der Waals surface area contributed by atoms with Gasteiger partial charge in [-0.05, 0) is 23.7 Å². The second-order valence-corrected chi connectivity index (χ2v) is 9.40. The zero-order valence-corrected chi connectivity index (χ0v) is 10.6. The summed E-state index contributed by atoms with van der Waals surface area (Å²) in [5.41, 5.74) is 3.69. The summed E-state index contributed by atoms with van der Waals surface area (Å²) in [7, 11) is -3.17. The van der Waals surface area contributed by atoms with Gasteiger partial charge in [0.05, 0.1) is 0 Å². The highest BCUT2D eigenvalue weighted by Crippen LogP contribution is 2.03. The molecule has 0 heterocycles. The lowest BCUT2D eigenvalue weighted by Gasteiger charge is -2.04. The van der Waals surface area contributed by atoms with Gasteiger partial charge in [-0.2, -0.15) is 0 Å². The second-order valence-electron chi connectivity index (χ2n) is 4.65. The Morgan fingerprint density at radius 2 is 1.81 bits per heavy atom. The van der Waals surface area contributed by atoms with E-state index in [4.69, 9.17) is 10.0 Å². The first-order valence-corrected chi connectivity index (χ1v) is 8.48. The van der Waals surface area contributed by atoms with Crippen molar-refractivity contribution in [2.45, 2.75) is 19.6 Å². The minimum Gasteiger partial charge on any atom is -0.423 e. The summed E-state index contributed by atoms with van der Waals surface area (Å²) in [5.74, 6) is 2.36. The van der Waals surface area contributed by atoms with Crippen LogP contribution in [0.2, 0.25) is 19.6 Å². The molecule has 0 saturated carbocycles. The third-order valence-electron chi connectivity index (χ3n) is 1.80. The molecule has 0 amide bonds. The van der Waals surface area contributed by atoms with Gasteiger partial charge in [-0.15, -0.1) is 5.54 Å². The van der Waals surface area contributed by atoms with E-state index in [0.29, 0.717) is 5.56 Å². The summed E-state index contributed by atoms with van der Waals surface area (Å²) in [5, 5.41) is 17.9. The Bertz CT molecular complexity index is 444. The fourth-order valence-electron chi connectivity index (χ4n) is 1.09. The topological polar surface area (TPSA) is 40.5 Å². The van der Waals surface area contributed by atoms with Crippen LogP contribution >= 0.6 is 0 Å². The van der Waals surface area contributed by atoms with E-state index < -0.39 is 21.0 Å². The molecule has 5 heteroatoms. The SMILES string of the molecule is C[Si](C)(C)C#Cc1cc(F)cc(B(O)O)c1. The second kappa shape index (κ2) is 4.83. The molecule has 2 N–H and O–H groups in total. The monoisotopic (exact) mass is 236 g/mol. The predicted molar refractivity (Wildman–Crippen MR) is 66.4 cm³/mol. The molecule has 16 heavy (non-hydrogen) atoms. The van der Waals surface area contributed by atoms with Crippen molar-refractivity contribution in [3.63, 3.8) is 0 Å². The normalized spacial score (nSPS) is 10.6. The lowest BCUT2D eigenvalue weighted by atomic mass is 9.79. The quantitative estimate of drug-likeness (QED) is 0.557. The van der Waals surface area contributed by atoms with Crippen LogP contribution in [-0.2, 0) is 0 Å². The van der Waals surface area contributed by atoms with Crippen molar-refractivity contribution in [2.75, 3.05) is 0 Å². The van der Waals surface area contributed by atoms with Crippen LogP contribution in [0.15, 0.2) is 18.2 Å². The van der Waals surface area contributed by atoms with Crippen molar-refractivity contribution in [1.82, 2.24) is 0 Å². The van der Waals surface area contributed by atoms with Crippen molar-refractivity contribution < 1.29 is 14.4 Å². The van der Waals surface area contributed by atoms with Gasteiger partial charge in [0.1, 0.15) is 13.9 Å². The summed E-state index contributed by atoms with van der Waals surface area (Å²) in [4.78, 5) is 0. The number of rotatable bonds is 1. The Hall–Kier alpha value is -1.09. The van der Waals surface area contributed by atoms with Gasteiger partial charge in [-0.3, -0.25) is 0 Å². The van der Waals surface area contributed by atoms with Crippen LogP contribution < -0.4 is 5.46 Å². The van der Waals surface area contributed by atoms with E-state index >= 15 is 0 Å². The highest BCUT2D eigenvalue weighted by Gasteiger charge is 2.13. The molecule has 1 aromatic rings. The molecule has 0 aliphatic carbocycles. The van der Waals surface area contributed by atoms with Gasteiger partial charge in [0.2, 0.25) is 0 Å². The van der Waals surface area contributed by atoms with Gasteiger partial charge in [-0.1, -0.05) is 25.6 Å². The number of halogens is 1. The first-order chi connectivity index (χ1) is 7.28. The first-order valence-electron chi connectivity index (χ1n) is 4.98. The van der Waals surface area contributed by atoms with Gasteiger partial charge in [0, 0.05) is 5.56 Å². The van der Waals surface area contributed by atoms with Crippen LogP contribution in [0.3, 0.4) is 0 Å². The van der Waals surface area contributed by atoms with E-state index in [-0.39, 0.29) is 5.46 Å². The van der Waals surface area contributed by atoms with Crippen LogP contribution in [0.4, 0.5) is 4.39 Å². The molecular weight excluding hydrogens is 222 g/mol. The molecule has 2 nitrogen and oxygen atoms in total. The average molecular weight is 236 g/mol. The van der Waals surface area contributed by atoms with Gasteiger partial charge >= 0.3 is 7.12 Å². The van der Waals surface area contributed by atoms with Gasteiger partial charge in [0.25, 0.3) is 0 Å². The summed E-state index contributed by atoms with van der Waals surface area (Å²) in [6.07, 6.45) is 0. The molecule has 0 aromatic heterocycles. The molecule has 1 rings (SSSR count). The molecule has 0 fully saturated rings. The summed E-state index contributed by atoms with van der Waals surface area (Å²) >= 11 is 0. The van der Waals surface area contributed by atoms with E-state index in [1.54, 1.807) is 0 Å². The van der Waals surface area contributed by atoms with Gasteiger partial charge in [-0.25, -0.2) is 4.39 Å². The average Bonchev–Trinajstić information content (AvgIpc) is 2.13. The molecule has 0 bridgehead atoms. The van der Waals surface area contributed by atoms with Crippen molar-refractivity contribution >= 4 is 20.7 Å². The maximum absolute atomic E-state index is 13.1. The van der Waals surface area contributed by atoms with E-state index in [1.807, 2.05) is 0 Å². The van der Waals surface area contributed by atoms with Crippen molar-refractivity contribution in [3.8, 4) is 11.5 Å². The largest absolute Gasteiger partial charge is 0.488 e. The summed E-state index contributed by atoms with van der Waals surface area (Å²) in [6.45, 7) is 6.25. The highest BCUT2D eigenvalue weighted by atomic mass is 28.3. The summed E-state index contributed by atoms with van der Waals surface area (Å²) < 4.78 is 13.1. The van der Waals surface area contributed by atoms with E-state index in [1.165, 1.54) is 12.1 Å². The minimum atomic E-state index is -1.66. The van der Waals surface area contributed by atoms with Crippen molar-refractivity contribution in [1.29, 1.82) is 0 Å². The molecule has 0 saturated heterocycles. The Morgan fingerprint density at radius 3 is 2.31 bits per heavy atom. The molecule has 0 aliphatic rings. The maximum Gasteiger partial charge on any atom is 0.488 e.